The van der Waals surface area contributed by atoms with Crippen LogP contribution in [0.15, 0.2) is 91.0 Å². The van der Waals surface area contributed by atoms with E-state index >= 15 is 0 Å². The molecule has 0 N–H and O–H groups in total. The molecule has 4 rings (SSSR count). The Kier molecular flexibility index (Phi) is 6.19. The predicted molar refractivity (Wildman–Crippen MR) is 133 cm³/mol. The van der Waals surface area contributed by atoms with E-state index in [-0.39, 0.29) is 5.92 Å². The Morgan fingerprint density at radius 3 is 1.50 bits per heavy atom. The molecule has 3 aromatic rings. The number of ether oxygens (including phenoxy) is 2. The molecule has 158 valence electrons. The summed E-state index contributed by atoms with van der Waals surface area (Å²) in [5.74, 6) is -0.234. The van der Waals surface area contributed by atoms with Gasteiger partial charge in [-0.2, -0.15) is 0 Å². The number of benzene rings is 3. The molecule has 0 bridgehead atoms. The maximum absolute atomic E-state index is 5.99. The summed E-state index contributed by atoms with van der Waals surface area (Å²) in [6.07, 6.45) is 1.98. The van der Waals surface area contributed by atoms with Crippen molar-refractivity contribution < 1.29 is 9.47 Å². The summed E-state index contributed by atoms with van der Waals surface area (Å²) in [6.45, 7) is 5.69. The van der Waals surface area contributed by atoms with Crippen LogP contribution in [0.3, 0.4) is 0 Å². The van der Waals surface area contributed by atoms with Crippen LogP contribution in [0.2, 0.25) is 0 Å². The molecule has 0 aromatic heterocycles. The molecule has 1 saturated heterocycles. The molecule has 1 aliphatic heterocycles. The minimum absolute atomic E-state index is 0.273. The molecular weight excluding hydrogens is 455 g/mol. The molecule has 0 radical (unpaired) electrons. The van der Waals surface area contributed by atoms with Crippen molar-refractivity contribution in [2.24, 2.45) is 5.92 Å². The summed E-state index contributed by atoms with van der Waals surface area (Å²) >= 11 is 4.52. The number of hydrogen-bond acceptors (Lipinski definition) is 2. The zero-order valence-electron chi connectivity index (χ0n) is 17.7. The zero-order chi connectivity index (χ0) is 21.1. The van der Waals surface area contributed by atoms with E-state index in [2.05, 4.69) is 120 Å². The first-order chi connectivity index (χ1) is 14.5. The van der Waals surface area contributed by atoms with Crippen LogP contribution in [0.25, 0.3) is 0 Å². The fraction of sp³-hybridized carbons (Fsp3) is 0.308. The van der Waals surface area contributed by atoms with E-state index in [9.17, 15) is 0 Å². The van der Waals surface area contributed by atoms with Crippen LogP contribution in [0, 0.1) is 5.92 Å². The van der Waals surface area contributed by atoms with E-state index in [1.54, 1.807) is 0 Å². The summed E-state index contributed by atoms with van der Waals surface area (Å²) in [5, 5.41) is 1.17. The Balaban J connectivity index is 1.87. The summed E-state index contributed by atoms with van der Waals surface area (Å²) in [7, 11) is 0. The van der Waals surface area contributed by atoms with Gasteiger partial charge in [-0.15, -0.1) is 0 Å². The van der Waals surface area contributed by atoms with Gasteiger partial charge in [0.05, 0.1) is 0 Å². The van der Waals surface area contributed by atoms with Gasteiger partial charge in [0, 0.05) is 0 Å². The molecule has 0 saturated carbocycles. The second kappa shape index (κ2) is 8.55. The average Bonchev–Trinajstić information content (AvgIpc) is 3.27. The van der Waals surface area contributed by atoms with Gasteiger partial charge in [-0.05, 0) is 0 Å². The van der Waals surface area contributed by atoms with E-state index in [0.717, 1.165) is 12.6 Å². The second-order valence-electron chi connectivity index (χ2n) is 8.32. The Bertz CT molecular complexity index is 857. The average molecular weight is 485 g/mol. The number of halogens is 1. The third-order valence-corrected chi connectivity index (χ3v) is 16.6. The normalized spacial score (nSPS) is 18.4. The molecule has 0 aliphatic carbocycles. The van der Waals surface area contributed by atoms with Gasteiger partial charge in [-0.25, -0.2) is 0 Å². The van der Waals surface area contributed by atoms with Crippen LogP contribution in [0.5, 0.6) is 0 Å². The van der Waals surface area contributed by atoms with Crippen molar-refractivity contribution >= 4 is 36.7 Å². The van der Waals surface area contributed by atoms with Crippen LogP contribution in [0.4, 0.5) is 0 Å². The van der Waals surface area contributed by atoms with Crippen molar-refractivity contribution in [2.45, 2.75) is 26.1 Å². The van der Waals surface area contributed by atoms with E-state index < -0.39 is 11.1 Å². The van der Waals surface area contributed by atoms with Crippen LogP contribution in [-0.4, -0.2) is 25.2 Å². The number of hydrogen-bond donors (Lipinski definition) is 0. The molecule has 1 fully saturated rings. The standard InChI is InChI=1S/C26H30BrO2P/c1-22(26(2)28-19-20-29-26)18-21-30(27,23-12-6-3-7-13-23,24-14-8-4-9-15-24)25-16-10-5-11-17-25/h3-17,22H,18-21H2,1-2H3. The minimum atomic E-state index is -2.88. The molecule has 30 heavy (non-hydrogen) atoms. The molecule has 1 aliphatic rings. The van der Waals surface area contributed by atoms with E-state index in [1.807, 2.05) is 0 Å². The zero-order valence-corrected chi connectivity index (χ0v) is 20.2. The molecule has 1 heterocycles. The van der Waals surface area contributed by atoms with Crippen LogP contribution >= 0.6 is 20.8 Å². The monoisotopic (exact) mass is 484 g/mol. The fourth-order valence-electron chi connectivity index (χ4n) is 4.56. The Labute approximate surface area is 188 Å². The SMILES string of the molecule is CC(CCP(Br)(c1ccccc1)(c1ccccc1)c1ccccc1)C1(C)OCCO1. The van der Waals surface area contributed by atoms with E-state index in [1.165, 1.54) is 15.9 Å². The topological polar surface area (TPSA) is 18.5 Å². The van der Waals surface area contributed by atoms with Crippen molar-refractivity contribution in [1.82, 2.24) is 0 Å². The summed E-state index contributed by atoms with van der Waals surface area (Å²) in [6, 6.07) is 32.9. The van der Waals surface area contributed by atoms with Crippen molar-refractivity contribution in [3.63, 3.8) is 0 Å². The summed E-state index contributed by atoms with van der Waals surface area (Å²) in [5.41, 5.74) is 0. The van der Waals surface area contributed by atoms with Gasteiger partial charge < -0.3 is 0 Å². The maximum atomic E-state index is 5.99. The van der Waals surface area contributed by atoms with Gasteiger partial charge in [0.2, 0.25) is 0 Å². The van der Waals surface area contributed by atoms with Crippen LogP contribution < -0.4 is 15.9 Å². The quantitative estimate of drug-likeness (QED) is 0.405. The van der Waals surface area contributed by atoms with E-state index in [4.69, 9.17) is 9.47 Å². The molecule has 0 spiro atoms. The van der Waals surface area contributed by atoms with Crippen molar-refractivity contribution in [3.8, 4) is 0 Å². The Hall–Kier alpha value is -1.51. The van der Waals surface area contributed by atoms with Gasteiger partial charge in [-0.1, -0.05) is 0 Å². The molecule has 3 aromatic carbocycles. The Morgan fingerprint density at radius 1 is 0.767 bits per heavy atom. The summed E-state index contributed by atoms with van der Waals surface area (Å²) in [4.78, 5) is 0. The third kappa shape index (κ3) is 3.67. The van der Waals surface area contributed by atoms with Crippen molar-refractivity contribution in [1.29, 1.82) is 0 Å². The van der Waals surface area contributed by atoms with Gasteiger partial charge in [0.15, 0.2) is 0 Å². The third-order valence-electron chi connectivity index (χ3n) is 6.62. The van der Waals surface area contributed by atoms with Crippen LogP contribution in [-0.2, 0) is 9.47 Å². The molecule has 2 nitrogen and oxygen atoms in total. The Morgan fingerprint density at radius 2 is 1.13 bits per heavy atom. The van der Waals surface area contributed by atoms with Crippen LogP contribution in [0.1, 0.15) is 20.3 Å². The molecule has 1 atom stereocenters. The van der Waals surface area contributed by atoms with Gasteiger partial charge in [-0.3, -0.25) is 0 Å². The van der Waals surface area contributed by atoms with Gasteiger partial charge >= 0.3 is 189 Å². The fourth-order valence-corrected chi connectivity index (χ4v) is 12.2. The van der Waals surface area contributed by atoms with E-state index in [0.29, 0.717) is 13.2 Å². The predicted octanol–water partition coefficient (Wildman–Crippen LogP) is 5.62. The second-order valence-corrected chi connectivity index (χ2v) is 17.4. The first kappa shape index (κ1) is 21.7. The molecule has 4 heteroatoms. The van der Waals surface area contributed by atoms with Crippen molar-refractivity contribution in [2.75, 3.05) is 19.4 Å². The number of rotatable bonds is 7. The molecule has 1 unspecified atom stereocenters. The molecular formula is C26H30BrO2P. The molecule has 0 amide bonds. The first-order valence-electron chi connectivity index (χ1n) is 10.6. The first-order valence-corrected chi connectivity index (χ1v) is 15.1. The van der Waals surface area contributed by atoms with Gasteiger partial charge in [0.25, 0.3) is 0 Å². The van der Waals surface area contributed by atoms with Crippen molar-refractivity contribution in [3.05, 3.63) is 91.0 Å². The van der Waals surface area contributed by atoms with Gasteiger partial charge in [0.1, 0.15) is 0 Å². The summed E-state index contributed by atoms with van der Waals surface area (Å²) < 4.78 is 12.0.